The molecule has 0 saturated heterocycles. The number of alkyl halides is 3. The van der Waals surface area contributed by atoms with E-state index in [-0.39, 0.29) is 23.2 Å². The van der Waals surface area contributed by atoms with E-state index in [1.54, 1.807) is 0 Å². The van der Waals surface area contributed by atoms with Crippen molar-refractivity contribution in [1.82, 2.24) is 0 Å². The van der Waals surface area contributed by atoms with Crippen LogP contribution in [0.4, 0.5) is 23.7 Å². The third-order valence-corrected chi connectivity index (χ3v) is 4.08. The van der Waals surface area contributed by atoms with Crippen molar-refractivity contribution in [2.45, 2.75) is 52.3 Å². The van der Waals surface area contributed by atoms with Gasteiger partial charge in [-0.15, -0.1) is 0 Å². The van der Waals surface area contributed by atoms with E-state index in [4.69, 9.17) is 21.1 Å². The van der Waals surface area contributed by atoms with Crippen molar-refractivity contribution in [2.75, 3.05) is 11.9 Å². The van der Waals surface area contributed by atoms with Crippen molar-refractivity contribution in [1.29, 1.82) is 0 Å². The van der Waals surface area contributed by atoms with Crippen LogP contribution < -0.4 is 5.32 Å². The smallest absolute Gasteiger partial charge is 0.416 e. The van der Waals surface area contributed by atoms with Crippen LogP contribution in [0.2, 0.25) is 5.02 Å². The number of anilines is 1. The molecule has 0 aliphatic rings. The second-order valence-corrected chi connectivity index (χ2v) is 7.30. The number of benzene rings is 1. The Morgan fingerprint density at radius 2 is 1.93 bits per heavy atom. The van der Waals surface area contributed by atoms with Crippen LogP contribution in [0.5, 0.6) is 0 Å². The first kappa shape index (κ1) is 24.8. The maximum Gasteiger partial charge on any atom is 0.416 e. The molecule has 0 aliphatic heterocycles. The van der Waals surface area contributed by atoms with Crippen LogP contribution in [0.15, 0.2) is 30.4 Å². The number of carbonyl (C=O) groups excluding carboxylic acids is 2. The van der Waals surface area contributed by atoms with Gasteiger partial charge in [0.15, 0.2) is 0 Å². The van der Waals surface area contributed by atoms with Crippen molar-refractivity contribution in [3.8, 4) is 0 Å². The van der Waals surface area contributed by atoms with Gasteiger partial charge in [0, 0.05) is 0 Å². The maximum atomic E-state index is 12.9. The number of hydrogen-bond donors (Lipinski definition) is 1. The molecule has 0 saturated carbocycles. The van der Waals surface area contributed by atoms with Crippen molar-refractivity contribution in [3.63, 3.8) is 0 Å². The zero-order valence-electron chi connectivity index (χ0n) is 16.6. The Hall–Kier alpha value is -2.22. The van der Waals surface area contributed by atoms with Gasteiger partial charge in [-0.3, -0.25) is 5.32 Å². The Labute approximate surface area is 173 Å². The highest BCUT2D eigenvalue weighted by Crippen LogP contribution is 2.34. The van der Waals surface area contributed by atoms with Crippen molar-refractivity contribution in [3.05, 3.63) is 40.9 Å². The lowest BCUT2D eigenvalue weighted by Crippen LogP contribution is -2.33. The van der Waals surface area contributed by atoms with Gasteiger partial charge in [-0.25, -0.2) is 9.59 Å². The predicted molar refractivity (Wildman–Crippen MR) is 105 cm³/mol. The Bertz CT molecular complexity index is 735. The van der Waals surface area contributed by atoms with Gasteiger partial charge in [0.05, 0.1) is 22.9 Å². The van der Waals surface area contributed by atoms with E-state index < -0.39 is 29.9 Å². The summed E-state index contributed by atoms with van der Waals surface area (Å²) in [6, 6.07) is 2.48. The van der Waals surface area contributed by atoms with Gasteiger partial charge in [0.1, 0.15) is 0 Å². The van der Waals surface area contributed by atoms with E-state index in [0.29, 0.717) is 18.1 Å². The molecule has 0 heterocycles. The molecule has 9 heteroatoms. The third kappa shape index (κ3) is 8.35. The molecule has 1 rings (SSSR count). The zero-order chi connectivity index (χ0) is 22.2. The summed E-state index contributed by atoms with van der Waals surface area (Å²) in [7, 11) is 0. The van der Waals surface area contributed by atoms with Gasteiger partial charge in [-0.05, 0) is 42.5 Å². The number of rotatable bonds is 9. The molecule has 1 unspecified atom stereocenters. The van der Waals surface area contributed by atoms with Crippen LogP contribution in [-0.2, 0) is 20.4 Å². The molecule has 29 heavy (non-hydrogen) atoms. The van der Waals surface area contributed by atoms with Gasteiger partial charge < -0.3 is 9.47 Å². The number of halogens is 4. The number of amides is 1. The summed E-state index contributed by atoms with van der Waals surface area (Å²) in [5.41, 5.74) is -0.941. The summed E-state index contributed by atoms with van der Waals surface area (Å²) in [6.07, 6.45) is -5.14. The average molecular weight is 436 g/mol. The fourth-order valence-electron chi connectivity index (χ4n) is 2.20. The van der Waals surface area contributed by atoms with Gasteiger partial charge in [0.2, 0.25) is 6.10 Å². The molecular weight excluding hydrogens is 411 g/mol. The molecule has 1 atom stereocenters. The molecule has 0 radical (unpaired) electrons. The highest BCUT2D eigenvalue weighted by atomic mass is 35.5. The standard InChI is InChI=1S/C20H25ClF3NO4/c1-5-6-7-13(4)17(18(26)28-11-12(2)3)29-19(27)25-16-10-14(20(22,23)24)8-9-15(16)21/h8-10,12,17H,4-7,11H2,1-3H3,(H,25,27). The first-order valence-corrected chi connectivity index (χ1v) is 9.52. The summed E-state index contributed by atoms with van der Waals surface area (Å²) in [5.74, 6) is -0.716. The molecule has 1 N–H and O–H groups in total. The number of esters is 1. The lowest BCUT2D eigenvalue weighted by molar-refractivity contribution is -0.152. The van der Waals surface area contributed by atoms with Crippen LogP contribution in [0, 0.1) is 5.92 Å². The summed E-state index contributed by atoms with van der Waals surface area (Å²) in [4.78, 5) is 24.6. The molecule has 0 aromatic heterocycles. The summed E-state index contributed by atoms with van der Waals surface area (Å²) in [5, 5.41) is 2.03. The molecule has 0 aliphatic carbocycles. The third-order valence-electron chi connectivity index (χ3n) is 3.75. The lowest BCUT2D eigenvalue weighted by Gasteiger charge is -2.20. The van der Waals surface area contributed by atoms with E-state index in [0.717, 1.165) is 25.0 Å². The minimum atomic E-state index is -4.61. The SMILES string of the molecule is C=C(CCCC)C(OC(=O)Nc1cc(C(F)(F)F)ccc1Cl)C(=O)OCC(C)C. The van der Waals surface area contributed by atoms with Gasteiger partial charge in [-0.1, -0.05) is 45.4 Å². The van der Waals surface area contributed by atoms with E-state index in [9.17, 15) is 22.8 Å². The normalized spacial score (nSPS) is 12.4. The average Bonchev–Trinajstić information content (AvgIpc) is 2.63. The fourth-order valence-corrected chi connectivity index (χ4v) is 2.37. The summed E-state index contributed by atoms with van der Waals surface area (Å²) in [6.45, 7) is 9.55. The van der Waals surface area contributed by atoms with Gasteiger partial charge >= 0.3 is 18.2 Å². The monoisotopic (exact) mass is 435 g/mol. The summed E-state index contributed by atoms with van der Waals surface area (Å²) < 4.78 is 48.9. The van der Waals surface area contributed by atoms with Crippen molar-refractivity contribution >= 4 is 29.4 Å². The molecular formula is C20H25ClF3NO4. The van der Waals surface area contributed by atoms with Crippen LogP contribution in [0.1, 0.15) is 45.6 Å². The number of hydrogen-bond acceptors (Lipinski definition) is 4. The summed E-state index contributed by atoms with van der Waals surface area (Å²) >= 11 is 5.86. The van der Waals surface area contributed by atoms with Crippen LogP contribution in [0.25, 0.3) is 0 Å². The van der Waals surface area contributed by atoms with Crippen molar-refractivity contribution in [2.24, 2.45) is 5.92 Å². The Morgan fingerprint density at radius 3 is 2.48 bits per heavy atom. The molecule has 5 nitrogen and oxygen atoms in total. The molecule has 1 amide bonds. The molecule has 162 valence electrons. The first-order valence-electron chi connectivity index (χ1n) is 9.14. The van der Waals surface area contributed by atoms with E-state index in [1.165, 1.54) is 0 Å². The van der Waals surface area contributed by atoms with Crippen LogP contribution in [-0.4, -0.2) is 24.8 Å². The second-order valence-electron chi connectivity index (χ2n) is 6.89. The fraction of sp³-hybridized carbons (Fsp3) is 0.500. The molecule has 1 aromatic carbocycles. The number of unbranched alkanes of at least 4 members (excludes halogenated alkanes) is 1. The van der Waals surface area contributed by atoms with Crippen molar-refractivity contribution < 1.29 is 32.2 Å². The lowest BCUT2D eigenvalue weighted by atomic mass is 10.1. The minimum Gasteiger partial charge on any atom is -0.462 e. The highest BCUT2D eigenvalue weighted by Gasteiger charge is 2.32. The quantitative estimate of drug-likeness (QED) is 0.369. The number of ether oxygens (including phenoxy) is 2. The number of carbonyl (C=O) groups is 2. The topological polar surface area (TPSA) is 64.6 Å². The Balaban J connectivity index is 2.94. The zero-order valence-corrected chi connectivity index (χ0v) is 17.3. The van der Waals surface area contributed by atoms with Crippen LogP contribution >= 0.6 is 11.6 Å². The number of nitrogens with one attached hydrogen (secondary N) is 1. The largest absolute Gasteiger partial charge is 0.462 e. The van der Waals surface area contributed by atoms with Gasteiger partial charge in [0.25, 0.3) is 0 Å². The van der Waals surface area contributed by atoms with Crippen LogP contribution in [0.3, 0.4) is 0 Å². The predicted octanol–water partition coefficient (Wildman–Crippen LogP) is 6.22. The Morgan fingerprint density at radius 1 is 1.28 bits per heavy atom. The molecule has 0 fully saturated rings. The highest BCUT2D eigenvalue weighted by molar-refractivity contribution is 6.33. The van der Waals surface area contributed by atoms with Gasteiger partial charge in [-0.2, -0.15) is 13.2 Å². The molecule has 0 spiro atoms. The minimum absolute atomic E-state index is 0.0706. The van der Waals surface area contributed by atoms with E-state index in [2.05, 4.69) is 11.9 Å². The maximum absolute atomic E-state index is 12.9. The first-order chi connectivity index (χ1) is 13.5. The second kappa shape index (κ2) is 11.1. The molecule has 1 aromatic rings. The van der Waals surface area contributed by atoms with E-state index >= 15 is 0 Å². The molecule has 0 bridgehead atoms. The Kier molecular flexibility index (Phi) is 9.49. The van der Waals surface area contributed by atoms with E-state index in [1.807, 2.05) is 20.8 Å².